The van der Waals surface area contributed by atoms with Crippen LogP contribution in [0.3, 0.4) is 0 Å². The number of carbonyl (C=O) groups is 1. The second-order valence-electron chi connectivity index (χ2n) is 7.73. The highest BCUT2D eigenvalue weighted by Crippen LogP contribution is 2.47. The predicted molar refractivity (Wildman–Crippen MR) is 79.4 cm³/mol. The molecule has 0 saturated carbocycles. The van der Waals surface area contributed by atoms with Gasteiger partial charge in [-0.25, -0.2) is 0 Å². The molecule has 8 heteroatoms. The fourth-order valence-corrected chi connectivity index (χ4v) is 4.17. The highest BCUT2D eigenvalue weighted by molar-refractivity contribution is 5.66. The molecule has 4 aliphatic rings. The van der Waals surface area contributed by atoms with Gasteiger partial charge in [0, 0.05) is 13.3 Å². The van der Waals surface area contributed by atoms with E-state index < -0.39 is 17.9 Å². The van der Waals surface area contributed by atoms with E-state index in [-0.39, 0.29) is 36.4 Å². The fourth-order valence-electron chi connectivity index (χ4n) is 4.17. The first-order valence-electron chi connectivity index (χ1n) is 8.45. The molecule has 0 N–H and O–H groups in total. The maximum atomic E-state index is 11.3. The van der Waals surface area contributed by atoms with Gasteiger partial charge in [0.15, 0.2) is 11.6 Å². The second-order valence-corrected chi connectivity index (χ2v) is 7.73. The number of hydrogen-bond acceptors (Lipinski definition) is 8. The molecular weight excluding hydrogens is 318 g/mol. The van der Waals surface area contributed by atoms with Crippen LogP contribution in [0.1, 0.15) is 41.0 Å². The summed E-state index contributed by atoms with van der Waals surface area (Å²) in [7, 11) is 0. The summed E-state index contributed by atoms with van der Waals surface area (Å²) in [6, 6.07) is -0.220. The molecule has 4 heterocycles. The molecule has 4 aliphatic heterocycles. The van der Waals surface area contributed by atoms with Crippen LogP contribution in [-0.2, 0) is 33.3 Å². The number of esters is 1. The van der Waals surface area contributed by atoms with Gasteiger partial charge in [-0.2, -0.15) is 5.06 Å². The Morgan fingerprint density at radius 1 is 1.08 bits per heavy atom. The normalized spacial score (nSPS) is 46.0. The Morgan fingerprint density at radius 3 is 2.42 bits per heavy atom. The SMILES string of the molecule is CC(=O)OC1CC2C3OC(C)(C)OC3C(C3COC(C)(C)O3)N2O1. The summed E-state index contributed by atoms with van der Waals surface area (Å²) in [4.78, 5) is 17.1. The summed E-state index contributed by atoms with van der Waals surface area (Å²) >= 11 is 0. The zero-order chi connectivity index (χ0) is 17.3. The summed E-state index contributed by atoms with van der Waals surface area (Å²) in [5.41, 5.74) is 0. The van der Waals surface area contributed by atoms with Crippen LogP contribution in [0.15, 0.2) is 0 Å². The monoisotopic (exact) mass is 343 g/mol. The molecule has 0 aromatic rings. The van der Waals surface area contributed by atoms with Crippen LogP contribution in [0.5, 0.6) is 0 Å². The highest BCUT2D eigenvalue weighted by Gasteiger charge is 2.65. The Bertz CT molecular complexity index is 537. The van der Waals surface area contributed by atoms with Crippen LogP contribution < -0.4 is 0 Å². The summed E-state index contributed by atoms with van der Waals surface area (Å²) in [6.45, 7) is 9.42. The van der Waals surface area contributed by atoms with E-state index in [2.05, 4.69) is 0 Å². The first-order valence-corrected chi connectivity index (χ1v) is 8.45. The Morgan fingerprint density at radius 2 is 1.79 bits per heavy atom. The van der Waals surface area contributed by atoms with Crippen LogP contribution in [0.2, 0.25) is 0 Å². The zero-order valence-electron chi connectivity index (χ0n) is 14.7. The van der Waals surface area contributed by atoms with Crippen LogP contribution in [0.25, 0.3) is 0 Å². The van der Waals surface area contributed by atoms with Crippen molar-refractivity contribution < 1.29 is 33.3 Å². The maximum Gasteiger partial charge on any atom is 0.304 e. The van der Waals surface area contributed by atoms with E-state index in [0.29, 0.717) is 13.0 Å². The van der Waals surface area contributed by atoms with E-state index in [4.69, 9.17) is 28.5 Å². The summed E-state index contributed by atoms with van der Waals surface area (Å²) in [5, 5.41) is 1.84. The van der Waals surface area contributed by atoms with Gasteiger partial charge in [-0.15, -0.1) is 0 Å². The topological polar surface area (TPSA) is 75.7 Å². The second kappa shape index (κ2) is 5.36. The molecule has 0 bridgehead atoms. The van der Waals surface area contributed by atoms with E-state index in [9.17, 15) is 4.79 Å². The predicted octanol–water partition coefficient (Wildman–Crippen LogP) is 0.935. The average Bonchev–Trinajstić information content (AvgIpc) is 3.10. The lowest BCUT2D eigenvalue weighted by atomic mass is 10.0. The molecular formula is C16H25NO7. The Labute approximate surface area is 141 Å². The van der Waals surface area contributed by atoms with E-state index in [1.165, 1.54) is 6.92 Å². The number of hydroxylamine groups is 2. The molecule has 0 aliphatic carbocycles. The minimum atomic E-state index is -0.659. The minimum Gasteiger partial charge on any atom is -0.434 e. The largest absolute Gasteiger partial charge is 0.434 e. The number of rotatable bonds is 2. The van der Waals surface area contributed by atoms with Gasteiger partial charge in [-0.05, 0) is 27.7 Å². The van der Waals surface area contributed by atoms with Crippen molar-refractivity contribution in [2.24, 2.45) is 0 Å². The van der Waals surface area contributed by atoms with Gasteiger partial charge in [0.1, 0.15) is 18.3 Å². The van der Waals surface area contributed by atoms with E-state index in [1.807, 2.05) is 32.8 Å². The van der Waals surface area contributed by atoms with Crippen LogP contribution in [0, 0.1) is 0 Å². The molecule has 0 aromatic heterocycles. The number of nitrogens with zero attached hydrogens (tertiary/aromatic N) is 1. The van der Waals surface area contributed by atoms with E-state index in [0.717, 1.165) is 0 Å². The lowest BCUT2D eigenvalue weighted by Gasteiger charge is -2.31. The van der Waals surface area contributed by atoms with Gasteiger partial charge in [-0.3, -0.25) is 9.63 Å². The molecule has 136 valence electrons. The Balaban J connectivity index is 1.58. The quantitative estimate of drug-likeness (QED) is 0.686. The summed E-state index contributed by atoms with van der Waals surface area (Å²) in [6.07, 6.45) is -0.582. The third-order valence-electron chi connectivity index (χ3n) is 4.88. The fraction of sp³-hybridized carbons (Fsp3) is 0.938. The van der Waals surface area contributed by atoms with Gasteiger partial charge in [0.2, 0.25) is 6.29 Å². The molecule has 4 fully saturated rings. The molecule has 6 atom stereocenters. The lowest BCUT2D eigenvalue weighted by Crippen LogP contribution is -2.48. The van der Waals surface area contributed by atoms with Crippen molar-refractivity contribution in [3.05, 3.63) is 0 Å². The van der Waals surface area contributed by atoms with Crippen molar-refractivity contribution in [1.29, 1.82) is 0 Å². The molecule has 0 aromatic carbocycles. The van der Waals surface area contributed by atoms with Crippen molar-refractivity contribution in [1.82, 2.24) is 5.06 Å². The van der Waals surface area contributed by atoms with Crippen LogP contribution in [-0.4, -0.2) is 65.9 Å². The Kier molecular flexibility index (Phi) is 3.73. The lowest BCUT2D eigenvalue weighted by molar-refractivity contribution is -0.273. The number of hydrogen-bond donors (Lipinski definition) is 0. The first kappa shape index (κ1) is 16.7. The minimum absolute atomic E-state index is 0.0431. The maximum absolute atomic E-state index is 11.3. The third kappa shape index (κ3) is 2.75. The summed E-state index contributed by atoms with van der Waals surface area (Å²) in [5.74, 6) is -1.66. The van der Waals surface area contributed by atoms with Crippen molar-refractivity contribution in [2.75, 3.05) is 6.61 Å². The van der Waals surface area contributed by atoms with Crippen LogP contribution in [0.4, 0.5) is 0 Å². The molecule has 6 unspecified atom stereocenters. The van der Waals surface area contributed by atoms with Crippen molar-refractivity contribution in [3.63, 3.8) is 0 Å². The molecule has 8 nitrogen and oxygen atoms in total. The van der Waals surface area contributed by atoms with Crippen molar-refractivity contribution in [3.8, 4) is 0 Å². The van der Waals surface area contributed by atoms with E-state index in [1.54, 1.807) is 0 Å². The first-order chi connectivity index (χ1) is 11.2. The number of carbonyl (C=O) groups excluding carboxylic acids is 1. The number of fused-ring (bicyclic) bond motifs is 3. The van der Waals surface area contributed by atoms with Gasteiger partial charge in [0.05, 0.1) is 18.7 Å². The van der Waals surface area contributed by atoms with Gasteiger partial charge >= 0.3 is 5.97 Å². The van der Waals surface area contributed by atoms with Gasteiger partial charge < -0.3 is 23.7 Å². The van der Waals surface area contributed by atoms with Crippen molar-refractivity contribution >= 4 is 5.97 Å². The summed E-state index contributed by atoms with van der Waals surface area (Å²) < 4.78 is 29.2. The molecule has 4 saturated heterocycles. The number of ether oxygens (including phenoxy) is 5. The standard InChI is InChI=1S/C16H25NO7/c1-8(18)20-11-6-9-13-14(23-16(4,5)22-13)12(17(9)24-11)10-7-19-15(2,3)21-10/h9-14H,6-7H2,1-5H3. The van der Waals surface area contributed by atoms with Gasteiger partial charge in [0.25, 0.3) is 0 Å². The third-order valence-corrected chi connectivity index (χ3v) is 4.88. The van der Waals surface area contributed by atoms with Crippen molar-refractivity contribution in [2.45, 2.75) is 89.3 Å². The molecule has 0 amide bonds. The zero-order valence-corrected chi connectivity index (χ0v) is 14.7. The average molecular weight is 343 g/mol. The molecule has 0 radical (unpaired) electrons. The van der Waals surface area contributed by atoms with Crippen LogP contribution >= 0.6 is 0 Å². The smallest absolute Gasteiger partial charge is 0.304 e. The highest BCUT2D eigenvalue weighted by atomic mass is 16.8. The molecule has 4 rings (SSSR count). The van der Waals surface area contributed by atoms with Gasteiger partial charge in [-0.1, -0.05) is 0 Å². The molecule has 0 spiro atoms. The Hall–Kier alpha value is -0.770. The molecule has 24 heavy (non-hydrogen) atoms. The van der Waals surface area contributed by atoms with E-state index >= 15 is 0 Å².